The first-order valence-corrected chi connectivity index (χ1v) is 8.96. The van der Waals surface area contributed by atoms with Crippen molar-refractivity contribution < 1.29 is 9.53 Å². The highest BCUT2D eigenvalue weighted by Crippen LogP contribution is 2.19. The SMILES string of the molecule is COCC1CCCN(C(=O)c2ccc(N(C)CCC(C)C)nc2)C1. The summed E-state index contributed by atoms with van der Waals surface area (Å²) in [5.74, 6) is 2.12. The van der Waals surface area contributed by atoms with E-state index in [1.165, 1.54) is 0 Å². The number of hydrogen-bond donors (Lipinski definition) is 0. The van der Waals surface area contributed by atoms with Gasteiger partial charge in [-0.25, -0.2) is 4.98 Å². The molecule has 1 unspecified atom stereocenters. The number of amides is 1. The van der Waals surface area contributed by atoms with Gasteiger partial charge in [0.05, 0.1) is 12.2 Å². The van der Waals surface area contributed by atoms with Crippen LogP contribution in [0.2, 0.25) is 0 Å². The number of ether oxygens (including phenoxy) is 1. The van der Waals surface area contributed by atoms with E-state index in [0.717, 1.165) is 51.3 Å². The summed E-state index contributed by atoms with van der Waals surface area (Å²) in [6.07, 6.45) is 5.02. The van der Waals surface area contributed by atoms with Gasteiger partial charge in [0.25, 0.3) is 5.91 Å². The van der Waals surface area contributed by atoms with Crippen molar-refractivity contribution in [1.82, 2.24) is 9.88 Å². The van der Waals surface area contributed by atoms with Crippen LogP contribution in [0, 0.1) is 11.8 Å². The van der Waals surface area contributed by atoms with Crippen LogP contribution in [-0.4, -0.2) is 56.2 Å². The summed E-state index contributed by atoms with van der Waals surface area (Å²) in [4.78, 5) is 21.2. The fourth-order valence-corrected chi connectivity index (χ4v) is 3.11. The van der Waals surface area contributed by atoms with E-state index < -0.39 is 0 Å². The molecule has 1 fully saturated rings. The van der Waals surface area contributed by atoms with Crippen LogP contribution in [0.4, 0.5) is 5.82 Å². The van der Waals surface area contributed by atoms with Crippen molar-refractivity contribution in [3.63, 3.8) is 0 Å². The van der Waals surface area contributed by atoms with Gasteiger partial charge in [0.1, 0.15) is 5.82 Å². The van der Waals surface area contributed by atoms with Gasteiger partial charge in [-0.15, -0.1) is 0 Å². The Labute approximate surface area is 146 Å². The van der Waals surface area contributed by atoms with Crippen molar-refractivity contribution >= 4 is 11.7 Å². The largest absolute Gasteiger partial charge is 0.384 e. The Kier molecular flexibility index (Phi) is 7.03. The Balaban J connectivity index is 1.95. The lowest BCUT2D eigenvalue weighted by Crippen LogP contribution is -2.41. The molecule has 0 bridgehead atoms. The Morgan fingerprint density at radius 3 is 2.88 bits per heavy atom. The minimum Gasteiger partial charge on any atom is -0.384 e. The molecule has 1 atom stereocenters. The molecule has 0 radical (unpaired) electrons. The minimum atomic E-state index is 0.0830. The molecule has 134 valence electrons. The van der Waals surface area contributed by atoms with Crippen LogP contribution in [0.15, 0.2) is 18.3 Å². The van der Waals surface area contributed by atoms with Gasteiger partial charge in [-0.1, -0.05) is 13.8 Å². The average molecular weight is 333 g/mol. The molecule has 2 heterocycles. The van der Waals surface area contributed by atoms with Gasteiger partial charge in [-0.05, 0) is 43.2 Å². The van der Waals surface area contributed by atoms with Crippen LogP contribution in [0.5, 0.6) is 0 Å². The number of pyridine rings is 1. The molecule has 0 N–H and O–H groups in total. The number of piperidine rings is 1. The van der Waals surface area contributed by atoms with E-state index in [9.17, 15) is 4.79 Å². The number of anilines is 1. The normalized spacial score (nSPS) is 18.0. The molecule has 0 saturated carbocycles. The lowest BCUT2D eigenvalue weighted by atomic mass is 9.98. The van der Waals surface area contributed by atoms with Crippen molar-refractivity contribution in [2.75, 3.05) is 45.3 Å². The monoisotopic (exact) mass is 333 g/mol. The van der Waals surface area contributed by atoms with Crippen molar-refractivity contribution in [1.29, 1.82) is 0 Å². The van der Waals surface area contributed by atoms with Gasteiger partial charge in [-0.3, -0.25) is 4.79 Å². The van der Waals surface area contributed by atoms with E-state index in [1.807, 2.05) is 24.1 Å². The van der Waals surface area contributed by atoms with Gasteiger partial charge in [0.2, 0.25) is 0 Å². The molecule has 1 aromatic rings. The first-order chi connectivity index (χ1) is 11.5. The maximum absolute atomic E-state index is 12.7. The zero-order chi connectivity index (χ0) is 17.5. The summed E-state index contributed by atoms with van der Waals surface area (Å²) in [5, 5.41) is 0. The van der Waals surface area contributed by atoms with Crippen molar-refractivity contribution in [2.24, 2.45) is 11.8 Å². The van der Waals surface area contributed by atoms with Gasteiger partial charge in [0.15, 0.2) is 0 Å². The third kappa shape index (κ3) is 5.20. The van der Waals surface area contributed by atoms with E-state index in [2.05, 4.69) is 23.7 Å². The number of nitrogens with zero attached hydrogens (tertiary/aromatic N) is 3. The molecule has 0 spiro atoms. The quantitative estimate of drug-likeness (QED) is 0.769. The van der Waals surface area contributed by atoms with Crippen molar-refractivity contribution in [2.45, 2.75) is 33.1 Å². The molecule has 1 saturated heterocycles. The summed E-state index contributed by atoms with van der Waals surface area (Å²) in [7, 11) is 3.77. The molecule has 1 aliphatic heterocycles. The van der Waals surface area contributed by atoms with Crippen LogP contribution >= 0.6 is 0 Å². The van der Waals surface area contributed by atoms with Gasteiger partial charge in [0, 0.05) is 40.0 Å². The molecular weight excluding hydrogens is 302 g/mol. The van der Waals surface area contributed by atoms with E-state index in [-0.39, 0.29) is 5.91 Å². The topological polar surface area (TPSA) is 45.7 Å². The van der Waals surface area contributed by atoms with E-state index in [4.69, 9.17) is 4.74 Å². The number of likely N-dealkylation sites (tertiary alicyclic amines) is 1. The number of rotatable bonds is 7. The van der Waals surface area contributed by atoms with Crippen LogP contribution in [0.25, 0.3) is 0 Å². The van der Waals surface area contributed by atoms with Gasteiger partial charge < -0.3 is 14.5 Å². The van der Waals surface area contributed by atoms with Gasteiger partial charge >= 0.3 is 0 Å². The second-order valence-corrected chi connectivity index (χ2v) is 7.22. The highest BCUT2D eigenvalue weighted by molar-refractivity contribution is 5.94. The van der Waals surface area contributed by atoms with E-state index >= 15 is 0 Å². The number of methoxy groups -OCH3 is 1. The fourth-order valence-electron chi connectivity index (χ4n) is 3.11. The predicted octanol–water partition coefficient (Wildman–Crippen LogP) is 3.06. The second-order valence-electron chi connectivity index (χ2n) is 7.22. The van der Waals surface area contributed by atoms with E-state index in [1.54, 1.807) is 13.3 Å². The molecule has 24 heavy (non-hydrogen) atoms. The maximum Gasteiger partial charge on any atom is 0.255 e. The summed E-state index contributed by atoms with van der Waals surface area (Å²) in [5.41, 5.74) is 0.675. The molecule has 1 aromatic heterocycles. The standard InChI is InChI=1S/C19H31N3O2/c1-15(2)9-11-21(3)18-8-7-17(12-20-18)19(23)22-10-5-6-16(13-22)14-24-4/h7-8,12,15-16H,5-6,9-11,13-14H2,1-4H3. The summed E-state index contributed by atoms with van der Waals surface area (Å²) in [6, 6.07) is 3.85. The summed E-state index contributed by atoms with van der Waals surface area (Å²) < 4.78 is 5.24. The maximum atomic E-state index is 12.7. The molecule has 0 aliphatic carbocycles. The van der Waals surface area contributed by atoms with E-state index in [0.29, 0.717) is 17.4 Å². The van der Waals surface area contributed by atoms with Crippen LogP contribution in [-0.2, 0) is 4.74 Å². The van der Waals surface area contributed by atoms with Crippen LogP contribution in [0.1, 0.15) is 43.5 Å². The highest BCUT2D eigenvalue weighted by atomic mass is 16.5. The Morgan fingerprint density at radius 1 is 1.46 bits per heavy atom. The minimum absolute atomic E-state index is 0.0830. The predicted molar refractivity (Wildman–Crippen MR) is 97.5 cm³/mol. The number of carbonyl (C=O) groups excluding carboxylic acids is 1. The Bertz CT molecular complexity index is 514. The zero-order valence-corrected chi connectivity index (χ0v) is 15.5. The average Bonchev–Trinajstić information content (AvgIpc) is 2.59. The van der Waals surface area contributed by atoms with Crippen molar-refractivity contribution in [3.05, 3.63) is 23.9 Å². The summed E-state index contributed by atoms with van der Waals surface area (Å²) in [6.45, 7) is 7.75. The highest BCUT2D eigenvalue weighted by Gasteiger charge is 2.24. The fraction of sp³-hybridized carbons (Fsp3) is 0.684. The summed E-state index contributed by atoms with van der Waals surface area (Å²) >= 11 is 0. The Hall–Kier alpha value is -1.62. The first kappa shape index (κ1) is 18.7. The molecule has 5 nitrogen and oxygen atoms in total. The van der Waals surface area contributed by atoms with Gasteiger partial charge in [-0.2, -0.15) is 0 Å². The number of aromatic nitrogens is 1. The molecular formula is C19H31N3O2. The smallest absolute Gasteiger partial charge is 0.255 e. The lowest BCUT2D eigenvalue weighted by Gasteiger charge is -2.32. The number of carbonyl (C=O) groups is 1. The third-order valence-electron chi connectivity index (χ3n) is 4.64. The first-order valence-electron chi connectivity index (χ1n) is 8.96. The molecule has 1 amide bonds. The molecule has 0 aromatic carbocycles. The molecule has 5 heteroatoms. The lowest BCUT2D eigenvalue weighted by molar-refractivity contribution is 0.0570. The Morgan fingerprint density at radius 2 is 2.25 bits per heavy atom. The van der Waals surface area contributed by atoms with Crippen LogP contribution in [0.3, 0.4) is 0 Å². The molecule has 2 rings (SSSR count). The third-order valence-corrected chi connectivity index (χ3v) is 4.64. The van der Waals surface area contributed by atoms with Crippen LogP contribution < -0.4 is 4.90 Å². The second kappa shape index (κ2) is 9.02. The number of hydrogen-bond acceptors (Lipinski definition) is 4. The van der Waals surface area contributed by atoms with Crippen molar-refractivity contribution in [3.8, 4) is 0 Å². The zero-order valence-electron chi connectivity index (χ0n) is 15.5. The molecule has 1 aliphatic rings.